The normalized spacial score (nSPS) is 11.2. The minimum absolute atomic E-state index is 0.0153. The molecule has 0 aliphatic rings. The van der Waals surface area contributed by atoms with Crippen LogP contribution in [-0.2, 0) is 0 Å². The van der Waals surface area contributed by atoms with Crippen molar-refractivity contribution in [2.45, 2.75) is 0 Å². The molecule has 0 bridgehead atoms. The van der Waals surface area contributed by atoms with Gasteiger partial charge in [0.2, 0.25) is 0 Å². The molecule has 7 heteroatoms. The smallest absolute Gasteiger partial charge is 0.339 e. The molecule has 5 rings (SSSR count). The van der Waals surface area contributed by atoms with Crippen molar-refractivity contribution in [3.63, 3.8) is 0 Å². The van der Waals surface area contributed by atoms with Gasteiger partial charge in [0.25, 0.3) is 5.91 Å². The summed E-state index contributed by atoms with van der Waals surface area (Å²) in [7, 11) is 0. The van der Waals surface area contributed by atoms with Gasteiger partial charge in [0.15, 0.2) is 5.76 Å². The molecule has 2 aromatic carbocycles. The number of para-hydroxylation sites is 2. The molecule has 0 saturated carbocycles. The average molecular weight is 403 g/mol. The number of carboxylic acids is 1. The highest BCUT2D eigenvalue weighted by molar-refractivity contribution is 7.14. The molecule has 1 amide bonds. The quantitative estimate of drug-likeness (QED) is 0.392. The minimum atomic E-state index is -1.15. The minimum Gasteiger partial charge on any atom is -0.478 e. The second-order valence-electron chi connectivity index (χ2n) is 6.41. The molecular formula is C22H13NO5S. The zero-order valence-electron chi connectivity index (χ0n) is 14.8. The van der Waals surface area contributed by atoms with Crippen LogP contribution in [0.2, 0.25) is 0 Å². The van der Waals surface area contributed by atoms with Crippen molar-refractivity contribution in [3.05, 3.63) is 77.4 Å². The third-order valence-electron chi connectivity index (χ3n) is 4.55. The lowest BCUT2D eigenvalue weighted by Crippen LogP contribution is -2.13. The van der Waals surface area contributed by atoms with Crippen LogP contribution in [0.5, 0.6) is 0 Å². The number of anilines is 1. The SMILES string of the molecule is O=C(Nc1csc(-c2cc3ccccc3o2)c1C(=O)O)c1cc2ccccc2o1. The van der Waals surface area contributed by atoms with Crippen molar-refractivity contribution in [1.82, 2.24) is 0 Å². The number of rotatable bonds is 4. The van der Waals surface area contributed by atoms with Crippen LogP contribution in [0.1, 0.15) is 20.9 Å². The van der Waals surface area contributed by atoms with Crippen molar-refractivity contribution in [1.29, 1.82) is 0 Å². The van der Waals surface area contributed by atoms with Crippen molar-refractivity contribution in [2.75, 3.05) is 5.32 Å². The summed E-state index contributed by atoms with van der Waals surface area (Å²) >= 11 is 1.20. The number of nitrogens with one attached hydrogen (secondary N) is 1. The molecule has 0 radical (unpaired) electrons. The van der Waals surface area contributed by atoms with Gasteiger partial charge < -0.3 is 19.3 Å². The number of hydrogen-bond acceptors (Lipinski definition) is 5. The van der Waals surface area contributed by atoms with Crippen molar-refractivity contribution in [3.8, 4) is 10.6 Å². The molecular weight excluding hydrogens is 390 g/mol. The van der Waals surface area contributed by atoms with Crippen molar-refractivity contribution in [2.24, 2.45) is 0 Å². The maximum Gasteiger partial charge on any atom is 0.339 e. The summed E-state index contributed by atoms with van der Waals surface area (Å²) in [6.45, 7) is 0. The highest BCUT2D eigenvalue weighted by atomic mass is 32.1. The lowest BCUT2D eigenvalue weighted by Gasteiger charge is -2.03. The van der Waals surface area contributed by atoms with E-state index in [1.165, 1.54) is 11.3 Å². The van der Waals surface area contributed by atoms with E-state index in [0.717, 1.165) is 10.8 Å². The van der Waals surface area contributed by atoms with E-state index >= 15 is 0 Å². The Morgan fingerprint density at radius 2 is 1.55 bits per heavy atom. The molecule has 0 spiro atoms. The summed E-state index contributed by atoms with van der Waals surface area (Å²) in [5.74, 6) is -1.11. The molecule has 3 aromatic heterocycles. The Morgan fingerprint density at radius 3 is 2.21 bits per heavy atom. The van der Waals surface area contributed by atoms with E-state index in [0.29, 0.717) is 21.8 Å². The van der Waals surface area contributed by atoms with Gasteiger partial charge in [-0.1, -0.05) is 36.4 Å². The molecule has 142 valence electrons. The van der Waals surface area contributed by atoms with Crippen LogP contribution in [0.25, 0.3) is 32.6 Å². The van der Waals surface area contributed by atoms with Gasteiger partial charge in [0.05, 0.1) is 10.6 Å². The van der Waals surface area contributed by atoms with Crippen molar-refractivity contribution < 1.29 is 23.5 Å². The second kappa shape index (κ2) is 6.65. The van der Waals surface area contributed by atoms with Crippen LogP contribution in [0, 0.1) is 0 Å². The van der Waals surface area contributed by atoms with Gasteiger partial charge in [0.1, 0.15) is 22.5 Å². The number of carboxylic acid groups (broad SMARTS) is 1. The van der Waals surface area contributed by atoms with Gasteiger partial charge in [-0.25, -0.2) is 4.79 Å². The number of carbonyl (C=O) groups is 2. The first-order chi connectivity index (χ1) is 14.1. The number of carbonyl (C=O) groups excluding carboxylic acids is 1. The molecule has 3 heterocycles. The number of amides is 1. The highest BCUT2D eigenvalue weighted by Gasteiger charge is 2.24. The predicted molar refractivity (Wildman–Crippen MR) is 111 cm³/mol. The number of thiophene rings is 1. The molecule has 0 unspecified atom stereocenters. The lowest BCUT2D eigenvalue weighted by molar-refractivity contribution is 0.0699. The summed E-state index contributed by atoms with van der Waals surface area (Å²) in [5, 5.41) is 15.7. The van der Waals surface area contributed by atoms with E-state index in [1.54, 1.807) is 23.6 Å². The van der Waals surface area contributed by atoms with E-state index in [2.05, 4.69) is 5.32 Å². The van der Waals surface area contributed by atoms with Crippen LogP contribution in [-0.4, -0.2) is 17.0 Å². The number of furan rings is 2. The fraction of sp³-hybridized carbons (Fsp3) is 0. The van der Waals surface area contributed by atoms with Crippen LogP contribution in [0.4, 0.5) is 5.69 Å². The Morgan fingerprint density at radius 1 is 0.897 bits per heavy atom. The first kappa shape index (κ1) is 17.3. The van der Waals surface area contributed by atoms with Gasteiger partial charge in [-0.2, -0.15) is 0 Å². The van der Waals surface area contributed by atoms with E-state index in [9.17, 15) is 14.7 Å². The maximum absolute atomic E-state index is 12.6. The lowest BCUT2D eigenvalue weighted by atomic mass is 10.1. The average Bonchev–Trinajstić information content (AvgIpc) is 3.43. The van der Waals surface area contributed by atoms with Gasteiger partial charge in [-0.05, 0) is 24.3 Å². The zero-order chi connectivity index (χ0) is 20.0. The Bertz CT molecular complexity index is 1320. The van der Waals surface area contributed by atoms with E-state index in [4.69, 9.17) is 8.83 Å². The molecule has 0 atom stereocenters. The first-order valence-electron chi connectivity index (χ1n) is 8.74. The van der Waals surface area contributed by atoms with Crippen molar-refractivity contribution >= 4 is 50.8 Å². The third kappa shape index (κ3) is 2.97. The van der Waals surface area contributed by atoms with E-state index in [1.807, 2.05) is 42.5 Å². The number of aromatic carboxylic acids is 1. The van der Waals surface area contributed by atoms with Gasteiger partial charge in [-0.15, -0.1) is 11.3 Å². The third-order valence-corrected chi connectivity index (χ3v) is 5.55. The molecule has 5 aromatic rings. The number of benzene rings is 2. The standard InChI is InChI=1S/C22H13NO5S/c24-21(18-10-13-6-2-4-8-16(13)28-18)23-14-11-29-20(19(14)22(25)26)17-9-12-5-1-3-7-15(12)27-17/h1-11H,(H,23,24)(H,25,26). The largest absolute Gasteiger partial charge is 0.478 e. The van der Waals surface area contributed by atoms with Gasteiger partial charge in [-0.3, -0.25) is 4.79 Å². The Kier molecular flexibility index (Phi) is 3.96. The number of hydrogen-bond donors (Lipinski definition) is 2. The fourth-order valence-corrected chi connectivity index (χ4v) is 4.16. The Labute approximate surface area is 168 Å². The molecule has 6 nitrogen and oxygen atoms in total. The molecule has 0 aliphatic heterocycles. The monoisotopic (exact) mass is 403 g/mol. The molecule has 2 N–H and O–H groups in total. The molecule has 0 aliphatic carbocycles. The number of fused-ring (bicyclic) bond motifs is 2. The summed E-state index contributed by atoms with van der Waals surface area (Å²) in [4.78, 5) is 25.0. The topological polar surface area (TPSA) is 92.7 Å². The van der Waals surface area contributed by atoms with E-state index < -0.39 is 11.9 Å². The van der Waals surface area contributed by atoms with Crippen LogP contribution >= 0.6 is 11.3 Å². The fourth-order valence-electron chi connectivity index (χ4n) is 3.22. The molecule has 29 heavy (non-hydrogen) atoms. The van der Waals surface area contributed by atoms with Crippen LogP contribution in [0.15, 0.2) is 74.9 Å². The van der Waals surface area contributed by atoms with Crippen LogP contribution < -0.4 is 5.32 Å². The maximum atomic E-state index is 12.6. The zero-order valence-corrected chi connectivity index (χ0v) is 15.7. The summed E-state index contributed by atoms with van der Waals surface area (Å²) in [6.07, 6.45) is 0. The van der Waals surface area contributed by atoms with E-state index in [-0.39, 0.29) is 17.0 Å². The first-order valence-corrected chi connectivity index (χ1v) is 9.62. The van der Waals surface area contributed by atoms with Gasteiger partial charge >= 0.3 is 5.97 Å². The Balaban J connectivity index is 1.52. The predicted octanol–water partition coefficient (Wildman–Crippen LogP) is 5.86. The molecule has 0 fully saturated rings. The summed E-state index contributed by atoms with van der Waals surface area (Å²) in [5.41, 5.74) is 1.44. The highest BCUT2D eigenvalue weighted by Crippen LogP contribution is 2.39. The molecule has 0 saturated heterocycles. The summed E-state index contributed by atoms with van der Waals surface area (Å²) in [6, 6.07) is 18.1. The summed E-state index contributed by atoms with van der Waals surface area (Å²) < 4.78 is 11.4. The van der Waals surface area contributed by atoms with Gasteiger partial charge in [0, 0.05) is 16.2 Å². The van der Waals surface area contributed by atoms with Crippen LogP contribution in [0.3, 0.4) is 0 Å². The Hall–Kier alpha value is -3.84. The second-order valence-corrected chi connectivity index (χ2v) is 7.29.